The Balaban J connectivity index is 1.64. The Kier molecular flexibility index (Phi) is 3.93. The Morgan fingerprint density at radius 2 is 1.79 bits per heavy atom. The standard InChI is InChI=1S/C21H23N3/c1-15-13-17(16(2)24(15)19-7-3-4-8-19)11-12-18-14-22-20-9-5-6-10-21(20)23-18/h5-6,9-14,19H,3-4,7-8H2,1-2H3/b12-11+. The minimum atomic E-state index is 0.688. The molecule has 3 heteroatoms. The number of benzene rings is 1. The zero-order valence-electron chi connectivity index (χ0n) is 14.4. The maximum Gasteiger partial charge on any atom is 0.0894 e. The van der Waals surface area contributed by atoms with E-state index in [1.54, 1.807) is 0 Å². The van der Waals surface area contributed by atoms with Crippen LogP contribution in [-0.2, 0) is 0 Å². The summed E-state index contributed by atoms with van der Waals surface area (Å²) in [5.41, 5.74) is 6.80. The molecule has 0 bridgehead atoms. The lowest BCUT2D eigenvalue weighted by molar-refractivity contribution is 0.500. The van der Waals surface area contributed by atoms with Crippen molar-refractivity contribution in [2.45, 2.75) is 45.6 Å². The molecule has 2 heterocycles. The van der Waals surface area contributed by atoms with Crippen LogP contribution < -0.4 is 0 Å². The summed E-state index contributed by atoms with van der Waals surface area (Å²) in [5.74, 6) is 0. The second kappa shape index (κ2) is 6.23. The van der Waals surface area contributed by atoms with E-state index >= 15 is 0 Å². The zero-order chi connectivity index (χ0) is 16.5. The summed E-state index contributed by atoms with van der Waals surface area (Å²) in [4.78, 5) is 9.15. The Morgan fingerprint density at radius 3 is 2.58 bits per heavy atom. The van der Waals surface area contributed by atoms with Crippen LogP contribution in [0.4, 0.5) is 0 Å². The minimum absolute atomic E-state index is 0.688. The van der Waals surface area contributed by atoms with Crippen molar-refractivity contribution >= 4 is 23.2 Å². The fourth-order valence-electron chi connectivity index (χ4n) is 3.92. The van der Waals surface area contributed by atoms with E-state index < -0.39 is 0 Å². The lowest BCUT2D eigenvalue weighted by Crippen LogP contribution is -2.08. The molecule has 0 saturated heterocycles. The van der Waals surface area contributed by atoms with Crippen LogP contribution in [0.15, 0.2) is 36.5 Å². The van der Waals surface area contributed by atoms with Crippen LogP contribution in [-0.4, -0.2) is 14.5 Å². The molecule has 0 aliphatic heterocycles. The summed E-state index contributed by atoms with van der Waals surface area (Å²) in [6.07, 6.45) is 11.4. The molecule has 3 nitrogen and oxygen atoms in total. The first-order valence-electron chi connectivity index (χ1n) is 8.80. The van der Waals surface area contributed by atoms with Crippen LogP contribution in [0.1, 0.15) is 54.4 Å². The third kappa shape index (κ3) is 2.75. The molecule has 3 aromatic rings. The van der Waals surface area contributed by atoms with E-state index in [1.807, 2.05) is 30.5 Å². The smallest absolute Gasteiger partial charge is 0.0894 e. The number of aryl methyl sites for hydroxylation is 1. The summed E-state index contributed by atoms with van der Waals surface area (Å²) < 4.78 is 2.53. The van der Waals surface area contributed by atoms with Gasteiger partial charge < -0.3 is 4.57 Å². The average Bonchev–Trinajstić information content (AvgIpc) is 3.21. The van der Waals surface area contributed by atoms with Gasteiger partial charge in [0.25, 0.3) is 0 Å². The quantitative estimate of drug-likeness (QED) is 0.653. The molecule has 24 heavy (non-hydrogen) atoms. The molecule has 1 saturated carbocycles. The molecule has 0 atom stereocenters. The summed E-state index contributed by atoms with van der Waals surface area (Å²) in [6.45, 7) is 4.45. The molecule has 0 amide bonds. The molecule has 1 fully saturated rings. The van der Waals surface area contributed by atoms with E-state index in [1.165, 1.54) is 42.6 Å². The molecule has 122 valence electrons. The van der Waals surface area contributed by atoms with Crippen molar-refractivity contribution < 1.29 is 0 Å². The van der Waals surface area contributed by atoms with Crippen LogP contribution >= 0.6 is 0 Å². The number of rotatable bonds is 3. The predicted molar refractivity (Wildman–Crippen MR) is 99.9 cm³/mol. The van der Waals surface area contributed by atoms with Gasteiger partial charge in [0.05, 0.1) is 22.9 Å². The van der Waals surface area contributed by atoms with Gasteiger partial charge in [0.2, 0.25) is 0 Å². The second-order valence-electron chi connectivity index (χ2n) is 6.75. The van der Waals surface area contributed by atoms with Crippen molar-refractivity contribution in [3.05, 3.63) is 59.2 Å². The fourth-order valence-corrected chi connectivity index (χ4v) is 3.92. The average molecular weight is 317 g/mol. The summed E-state index contributed by atoms with van der Waals surface area (Å²) in [5, 5.41) is 0. The van der Waals surface area contributed by atoms with Crippen LogP contribution in [0.2, 0.25) is 0 Å². The molecular formula is C21H23N3. The van der Waals surface area contributed by atoms with E-state index in [2.05, 4.69) is 46.6 Å². The van der Waals surface area contributed by atoms with E-state index in [9.17, 15) is 0 Å². The van der Waals surface area contributed by atoms with Crippen molar-refractivity contribution in [1.29, 1.82) is 0 Å². The maximum absolute atomic E-state index is 4.67. The van der Waals surface area contributed by atoms with Crippen molar-refractivity contribution in [1.82, 2.24) is 14.5 Å². The topological polar surface area (TPSA) is 30.7 Å². The third-order valence-electron chi connectivity index (χ3n) is 5.11. The zero-order valence-corrected chi connectivity index (χ0v) is 14.4. The highest BCUT2D eigenvalue weighted by Gasteiger charge is 2.20. The lowest BCUT2D eigenvalue weighted by atomic mass is 10.2. The van der Waals surface area contributed by atoms with Gasteiger partial charge >= 0.3 is 0 Å². The molecule has 4 rings (SSSR count). The van der Waals surface area contributed by atoms with Crippen LogP contribution in [0.5, 0.6) is 0 Å². The molecule has 0 radical (unpaired) electrons. The normalized spacial score (nSPS) is 15.8. The number of para-hydroxylation sites is 2. The van der Waals surface area contributed by atoms with Gasteiger partial charge in [-0.05, 0) is 56.5 Å². The molecule has 2 aromatic heterocycles. The highest BCUT2D eigenvalue weighted by Crippen LogP contribution is 2.33. The van der Waals surface area contributed by atoms with Gasteiger partial charge in [-0.3, -0.25) is 4.98 Å². The highest BCUT2D eigenvalue weighted by atomic mass is 15.0. The molecule has 1 aromatic carbocycles. The number of aromatic nitrogens is 3. The monoisotopic (exact) mass is 317 g/mol. The van der Waals surface area contributed by atoms with Crippen LogP contribution in [0, 0.1) is 13.8 Å². The van der Waals surface area contributed by atoms with Gasteiger partial charge in [-0.2, -0.15) is 0 Å². The van der Waals surface area contributed by atoms with Crippen molar-refractivity contribution in [2.75, 3.05) is 0 Å². The van der Waals surface area contributed by atoms with Gasteiger partial charge in [-0.15, -0.1) is 0 Å². The van der Waals surface area contributed by atoms with E-state index in [0.717, 1.165) is 16.7 Å². The number of hydrogen-bond donors (Lipinski definition) is 0. The fraction of sp³-hybridized carbons (Fsp3) is 0.333. The Labute approximate surface area is 143 Å². The van der Waals surface area contributed by atoms with Gasteiger partial charge in [-0.25, -0.2) is 4.98 Å². The predicted octanol–water partition coefficient (Wildman–Crippen LogP) is 5.33. The Bertz CT molecular complexity index is 899. The second-order valence-corrected chi connectivity index (χ2v) is 6.75. The SMILES string of the molecule is Cc1cc(/C=C/c2cnc3ccccc3n2)c(C)n1C1CCCC1. The van der Waals surface area contributed by atoms with Crippen molar-refractivity contribution in [3.63, 3.8) is 0 Å². The van der Waals surface area contributed by atoms with Gasteiger partial charge in [0, 0.05) is 17.4 Å². The van der Waals surface area contributed by atoms with Crippen LogP contribution in [0.25, 0.3) is 23.2 Å². The summed E-state index contributed by atoms with van der Waals surface area (Å²) in [7, 11) is 0. The summed E-state index contributed by atoms with van der Waals surface area (Å²) >= 11 is 0. The Hall–Kier alpha value is -2.42. The van der Waals surface area contributed by atoms with Crippen molar-refractivity contribution in [3.8, 4) is 0 Å². The minimum Gasteiger partial charge on any atom is -0.346 e. The Morgan fingerprint density at radius 1 is 1.04 bits per heavy atom. The van der Waals surface area contributed by atoms with E-state index in [0.29, 0.717) is 6.04 Å². The number of hydrogen-bond acceptors (Lipinski definition) is 2. The first kappa shape index (κ1) is 15.1. The van der Waals surface area contributed by atoms with Crippen molar-refractivity contribution in [2.24, 2.45) is 0 Å². The summed E-state index contributed by atoms with van der Waals surface area (Å²) in [6, 6.07) is 11.0. The largest absolute Gasteiger partial charge is 0.346 e. The van der Waals surface area contributed by atoms with Crippen LogP contribution in [0.3, 0.4) is 0 Å². The molecule has 0 unspecified atom stereocenters. The number of nitrogens with zero attached hydrogens (tertiary/aromatic N) is 3. The first-order valence-corrected chi connectivity index (χ1v) is 8.80. The number of fused-ring (bicyclic) bond motifs is 1. The maximum atomic E-state index is 4.67. The van der Waals surface area contributed by atoms with E-state index in [-0.39, 0.29) is 0 Å². The first-order chi connectivity index (χ1) is 11.7. The molecule has 0 spiro atoms. The third-order valence-corrected chi connectivity index (χ3v) is 5.11. The molecule has 0 N–H and O–H groups in total. The van der Waals surface area contributed by atoms with E-state index in [4.69, 9.17) is 0 Å². The molecule has 1 aliphatic carbocycles. The highest BCUT2D eigenvalue weighted by molar-refractivity contribution is 5.77. The lowest BCUT2D eigenvalue weighted by Gasteiger charge is -2.17. The van der Waals surface area contributed by atoms with Gasteiger partial charge in [-0.1, -0.05) is 31.1 Å². The molecular weight excluding hydrogens is 294 g/mol. The van der Waals surface area contributed by atoms with Gasteiger partial charge in [0.15, 0.2) is 0 Å². The van der Waals surface area contributed by atoms with Gasteiger partial charge in [0.1, 0.15) is 0 Å². The molecule has 1 aliphatic rings.